The average molecular weight is 231 g/mol. The molecular formula is C13H13NO3. The van der Waals surface area contributed by atoms with Crippen molar-refractivity contribution in [3.05, 3.63) is 29.8 Å². The van der Waals surface area contributed by atoms with Crippen LogP contribution >= 0.6 is 0 Å². The second-order valence-electron chi connectivity index (χ2n) is 3.48. The quantitative estimate of drug-likeness (QED) is 0.757. The first kappa shape index (κ1) is 12.8. The molecule has 0 aliphatic heterocycles. The van der Waals surface area contributed by atoms with E-state index < -0.39 is 5.97 Å². The minimum atomic E-state index is -0.935. The zero-order chi connectivity index (χ0) is 12.7. The van der Waals surface area contributed by atoms with Crippen LogP contribution in [0.2, 0.25) is 0 Å². The van der Waals surface area contributed by atoms with E-state index in [1.165, 1.54) is 0 Å². The normalized spacial score (nSPS) is 9.35. The van der Waals surface area contributed by atoms with Gasteiger partial charge in [-0.25, -0.2) is 0 Å². The lowest BCUT2D eigenvalue weighted by Crippen LogP contribution is -2.13. The van der Waals surface area contributed by atoms with E-state index in [1.54, 1.807) is 24.3 Å². The Kier molecular flexibility index (Phi) is 4.77. The lowest BCUT2D eigenvalue weighted by molar-refractivity contribution is -0.136. The monoisotopic (exact) mass is 231 g/mol. The maximum atomic E-state index is 11.5. The fourth-order valence-electron chi connectivity index (χ4n) is 1.36. The summed E-state index contributed by atoms with van der Waals surface area (Å²) in [5, 5.41) is 11.4. The van der Waals surface area contributed by atoms with E-state index in [2.05, 4.69) is 11.2 Å². The van der Waals surface area contributed by atoms with Crippen LogP contribution in [0, 0.1) is 12.3 Å². The van der Waals surface area contributed by atoms with Crippen molar-refractivity contribution in [2.24, 2.45) is 0 Å². The molecule has 4 nitrogen and oxygen atoms in total. The molecule has 17 heavy (non-hydrogen) atoms. The topological polar surface area (TPSA) is 66.4 Å². The third-order valence-corrected chi connectivity index (χ3v) is 2.13. The Morgan fingerprint density at radius 2 is 2.06 bits per heavy atom. The molecule has 2 N–H and O–H groups in total. The van der Waals surface area contributed by atoms with E-state index in [1.807, 2.05) is 0 Å². The van der Waals surface area contributed by atoms with Gasteiger partial charge in [0.15, 0.2) is 0 Å². The summed E-state index contributed by atoms with van der Waals surface area (Å²) in [6.07, 6.45) is 5.54. The lowest BCUT2D eigenvalue weighted by atomic mass is 10.1. The van der Waals surface area contributed by atoms with Crippen LogP contribution in [-0.4, -0.2) is 17.0 Å². The third-order valence-electron chi connectivity index (χ3n) is 2.13. The van der Waals surface area contributed by atoms with Gasteiger partial charge in [0.25, 0.3) is 0 Å². The zero-order valence-corrected chi connectivity index (χ0v) is 9.27. The summed E-state index contributed by atoms with van der Waals surface area (Å²) in [6.45, 7) is 0. The van der Waals surface area contributed by atoms with Crippen LogP contribution in [0.5, 0.6) is 0 Å². The summed E-state index contributed by atoms with van der Waals surface area (Å²) in [6, 6.07) is 6.81. The van der Waals surface area contributed by atoms with Crippen molar-refractivity contribution >= 4 is 17.6 Å². The number of carboxylic acid groups (broad SMARTS) is 1. The number of benzene rings is 1. The smallest absolute Gasteiger partial charge is 0.307 e. The molecule has 0 aromatic heterocycles. The van der Waals surface area contributed by atoms with Crippen LogP contribution in [0.3, 0.4) is 0 Å². The van der Waals surface area contributed by atoms with Gasteiger partial charge in [-0.2, -0.15) is 0 Å². The number of carbonyl (C=O) groups is 2. The minimum Gasteiger partial charge on any atom is -0.481 e. The number of amides is 1. The molecule has 0 saturated heterocycles. The Balaban J connectivity index is 2.73. The molecule has 1 rings (SSSR count). The van der Waals surface area contributed by atoms with E-state index in [9.17, 15) is 9.59 Å². The first-order chi connectivity index (χ1) is 8.13. The largest absolute Gasteiger partial charge is 0.481 e. The van der Waals surface area contributed by atoms with Crippen LogP contribution in [0.25, 0.3) is 0 Å². The van der Waals surface area contributed by atoms with Crippen molar-refractivity contribution < 1.29 is 14.7 Å². The van der Waals surface area contributed by atoms with Gasteiger partial charge in [0.1, 0.15) is 0 Å². The number of nitrogens with one attached hydrogen (secondary N) is 1. The maximum absolute atomic E-state index is 11.5. The molecule has 4 heteroatoms. The molecule has 1 aromatic rings. The van der Waals surface area contributed by atoms with Gasteiger partial charge in [0, 0.05) is 18.5 Å². The highest BCUT2D eigenvalue weighted by Crippen LogP contribution is 2.16. The van der Waals surface area contributed by atoms with E-state index in [0.717, 1.165) is 0 Å². The molecule has 0 saturated carbocycles. The number of para-hydroxylation sites is 1. The van der Waals surface area contributed by atoms with Gasteiger partial charge >= 0.3 is 5.97 Å². The summed E-state index contributed by atoms with van der Waals surface area (Å²) < 4.78 is 0. The first-order valence-electron chi connectivity index (χ1n) is 5.16. The third kappa shape index (κ3) is 4.39. The zero-order valence-electron chi connectivity index (χ0n) is 9.27. The second kappa shape index (κ2) is 6.33. The van der Waals surface area contributed by atoms with Gasteiger partial charge in [0.05, 0.1) is 6.42 Å². The molecule has 88 valence electrons. The van der Waals surface area contributed by atoms with Crippen LogP contribution in [-0.2, 0) is 16.0 Å². The fourth-order valence-corrected chi connectivity index (χ4v) is 1.36. The van der Waals surface area contributed by atoms with Crippen molar-refractivity contribution in [3.63, 3.8) is 0 Å². The van der Waals surface area contributed by atoms with Gasteiger partial charge < -0.3 is 10.4 Å². The number of carboxylic acids is 1. The predicted octanol–water partition coefficient (Wildman–Crippen LogP) is 1.67. The van der Waals surface area contributed by atoms with Gasteiger partial charge in [-0.3, -0.25) is 9.59 Å². The number of rotatable bonds is 5. The molecule has 0 fully saturated rings. The molecule has 0 bridgehead atoms. The summed E-state index contributed by atoms with van der Waals surface area (Å²) in [4.78, 5) is 22.1. The Morgan fingerprint density at radius 3 is 2.71 bits per heavy atom. The van der Waals surface area contributed by atoms with Crippen LogP contribution in [0.4, 0.5) is 5.69 Å². The maximum Gasteiger partial charge on any atom is 0.307 e. The van der Waals surface area contributed by atoms with Crippen molar-refractivity contribution in [3.8, 4) is 12.3 Å². The number of aliphatic carboxylic acids is 1. The van der Waals surface area contributed by atoms with Gasteiger partial charge in [0.2, 0.25) is 5.91 Å². The van der Waals surface area contributed by atoms with Crippen LogP contribution in [0.15, 0.2) is 24.3 Å². The summed E-state index contributed by atoms with van der Waals surface area (Å²) in [5.74, 6) is 1.23. The molecule has 0 unspecified atom stereocenters. The Hall–Kier alpha value is -2.28. The van der Waals surface area contributed by atoms with Gasteiger partial charge in [-0.05, 0) is 11.6 Å². The Morgan fingerprint density at radius 1 is 1.35 bits per heavy atom. The number of carbonyl (C=O) groups excluding carboxylic acids is 1. The van der Waals surface area contributed by atoms with Crippen molar-refractivity contribution in [1.29, 1.82) is 0 Å². The standard InChI is InChI=1S/C13H13NO3/c1-2-3-8-12(15)14-11-7-5-4-6-10(11)9-13(16)17/h1,4-7H,3,8-9H2,(H,14,15)(H,16,17). The first-order valence-corrected chi connectivity index (χ1v) is 5.16. The summed E-state index contributed by atoms with van der Waals surface area (Å²) in [7, 11) is 0. The molecule has 0 heterocycles. The molecule has 0 atom stereocenters. The Bertz CT molecular complexity index is 460. The Labute approximate surface area is 99.7 Å². The second-order valence-corrected chi connectivity index (χ2v) is 3.48. The van der Waals surface area contributed by atoms with Gasteiger partial charge in [-0.1, -0.05) is 18.2 Å². The molecule has 1 amide bonds. The molecule has 0 aliphatic carbocycles. The highest BCUT2D eigenvalue weighted by Gasteiger charge is 2.08. The lowest BCUT2D eigenvalue weighted by Gasteiger charge is -2.08. The fraction of sp³-hybridized carbons (Fsp3) is 0.231. The van der Waals surface area contributed by atoms with Crippen molar-refractivity contribution in [1.82, 2.24) is 0 Å². The SMILES string of the molecule is C#CCCC(=O)Nc1ccccc1CC(=O)O. The molecule has 0 radical (unpaired) electrons. The van der Waals surface area contributed by atoms with Crippen molar-refractivity contribution in [2.45, 2.75) is 19.3 Å². The number of hydrogen-bond acceptors (Lipinski definition) is 2. The molecular weight excluding hydrogens is 218 g/mol. The van der Waals surface area contributed by atoms with Crippen LogP contribution < -0.4 is 5.32 Å². The molecule has 1 aromatic carbocycles. The van der Waals surface area contributed by atoms with E-state index in [-0.39, 0.29) is 18.7 Å². The number of hydrogen-bond donors (Lipinski definition) is 2. The minimum absolute atomic E-state index is 0.119. The number of anilines is 1. The van der Waals surface area contributed by atoms with Crippen molar-refractivity contribution in [2.75, 3.05) is 5.32 Å². The summed E-state index contributed by atoms with van der Waals surface area (Å²) in [5.41, 5.74) is 1.10. The van der Waals surface area contributed by atoms with E-state index in [0.29, 0.717) is 17.7 Å². The number of terminal acetylenes is 1. The average Bonchev–Trinajstić information content (AvgIpc) is 2.28. The highest BCUT2D eigenvalue weighted by molar-refractivity contribution is 5.92. The van der Waals surface area contributed by atoms with E-state index >= 15 is 0 Å². The predicted molar refractivity (Wildman–Crippen MR) is 64.5 cm³/mol. The van der Waals surface area contributed by atoms with Gasteiger partial charge in [-0.15, -0.1) is 12.3 Å². The molecule has 0 aliphatic rings. The highest BCUT2D eigenvalue weighted by atomic mass is 16.4. The van der Waals surface area contributed by atoms with E-state index in [4.69, 9.17) is 11.5 Å². The molecule has 0 spiro atoms. The van der Waals surface area contributed by atoms with Crippen LogP contribution in [0.1, 0.15) is 18.4 Å². The summed E-state index contributed by atoms with van der Waals surface area (Å²) >= 11 is 0.